The first-order chi connectivity index (χ1) is 9.49. The zero-order valence-corrected chi connectivity index (χ0v) is 11.6. The van der Waals surface area contributed by atoms with Crippen LogP contribution in [0.25, 0.3) is 0 Å². The molecule has 0 unspecified atom stereocenters. The maximum Gasteiger partial charge on any atom is 0.274 e. The molecule has 0 aliphatic rings. The van der Waals surface area contributed by atoms with Crippen LogP contribution in [0.4, 0.5) is 10.1 Å². The Morgan fingerprint density at radius 3 is 2.70 bits per heavy atom. The van der Waals surface area contributed by atoms with E-state index in [0.29, 0.717) is 4.47 Å². The summed E-state index contributed by atoms with van der Waals surface area (Å²) < 4.78 is 19.0. The van der Waals surface area contributed by atoms with Crippen molar-refractivity contribution in [3.8, 4) is 11.5 Å². The lowest BCUT2D eigenvalue weighted by atomic mass is 10.2. The molecule has 0 bridgehead atoms. The Labute approximate surface area is 121 Å². The van der Waals surface area contributed by atoms with Crippen molar-refractivity contribution in [1.29, 1.82) is 0 Å². The molecule has 0 saturated carbocycles. The maximum atomic E-state index is 13.0. The van der Waals surface area contributed by atoms with Gasteiger partial charge >= 0.3 is 0 Å². The smallest absolute Gasteiger partial charge is 0.274 e. The summed E-state index contributed by atoms with van der Waals surface area (Å²) in [6, 6.07) is 7.80. The van der Waals surface area contributed by atoms with Crippen LogP contribution in [0, 0.1) is 15.9 Å². The van der Waals surface area contributed by atoms with Gasteiger partial charge in [0.05, 0.1) is 17.6 Å². The van der Waals surface area contributed by atoms with Crippen molar-refractivity contribution in [1.82, 2.24) is 0 Å². The number of aliphatic hydroxyl groups excluding tert-OH is 1. The lowest BCUT2D eigenvalue weighted by Gasteiger charge is -2.10. The largest absolute Gasteiger partial charge is 0.457 e. The average molecular weight is 342 g/mol. The Bertz CT molecular complexity index is 663. The molecule has 0 radical (unpaired) electrons. The maximum absolute atomic E-state index is 13.0. The molecule has 0 heterocycles. The first-order valence-electron chi connectivity index (χ1n) is 5.51. The van der Waals surface area contributed by atoms with Crippen molar-refractivity contribution in [2.75, 3.05) is 0 Å². The van der Waals surface area contributed by atoms with E-state index in [2.05, 4.69) is 15.9 Å². The third kappa shape index (κ3) is 3.31. The van der Waals surface area contributed by atoms with E-state index >= 15 is 0 Å². The minimum absolute atomic E-state index is 0.137. The molecular formula is C13H9BrFNO4. The SMILES string of the molecule is O=[N+]([O-])c1cc(Br)cc(Oc2ccc(F)cc2CO)c1. The van der Waals surface area contributed by atoms with Crippen LogP contribution in [0.1, 0.15) is 5.56 Å². The van der Waals surface area contributed by atoms with Crippen molar-refractivity contribution in [2.24, 2.45) is 0 Å². The third-order valence-corrected chi connectivity index (χ3v) is 2.95. The number of benzene rings is 2. The number of halogens is 2. The van der Waals surface area contributed by atoms with Crippen LogP contribution in [-0.2, 0) is 6.61 Å². The van der Waals surface area contributed by atoms with Gasteiger partial charge in [-0.1, -0.05) is 15.9 Å². The molecule has 1 N–H and O–H groups in total. The molecule has 0 spiro atoms. The molecule has 2 aromatic carbocycles. The van der Waals surface area contributed by atoms with Crippen molar-refractivity contribution >= 4 is 21.6 Å². The summed E-state index contributed by atoms with van der Waals surface area (Å²) in [7, 11) is 0. The monoisotopic (exact) mass is 341 g/mol. The molecule has 5 nitrogen and oxygen atoms in total. The van der Waals surface area contributed by atoms with Crippen LogP contribution in [0.5, 0.6) is 11.5 Å². The number of rotatable bonds is 4. The molecule has 0 aliphatic heterocycles. The highest BCUT2D eigenvalue weighted by atomic mass is 79.9. The molecular weight excluding hydrogens is 333 g/mol. The first-order valence-corrected chi connectivity index (χ1v) is 6.31. The summed E-state index contributed by atoms with van der Waals surface area (Å²) in [5, 5.41) is 19.9. The van der Waals surface area contributed by atoms with Gasteiger partial charge in [-0.05, 0) is 24.3 Å². The average Bonchev–Trinajstić information content (AvgIpc) is 2.40. The van der Waals surface area contributed by atoms with Gasteiger partial charge in [-0.2, -0.15) is 0 Å². The quantitative estimate of drug-likeness (QED) is 0.678. The van der Waals surface area contributed by atoms with Crippen molar-refractivity contribution in [3.63, 3.8) is 0 Å². The van der Waals surface area contributed by atoms with E-state index < -0.39 is 17.3 Å². The van der Waals surface area contributed by atoms with Crippen LogP contribution < -0.4 is 4.74 Å². The number of non-ortho nitro benzene ring substituents is 1. The van der Waals surface area contributed by atoms with Crippen molar-refractivity contribution in [3.05, 3.63) is 62.4 Å². The first kappa shape index (κ1) is 14.4. The van der Waals surface area contributed by atoms with Gasteiger partial charge in [0.15, 0.2) is 0 Å². The number of ether oxygens (including phenoxy) is 1. The van der Waals surface area contributed by atoms with E-state index in [1.807, 2.05) is 0 Å². The van der Waals surface area contributed by atoms with Crippen LogP contribution in [-0.4, -0.2) is 10.0 Å². The highest BCUT2D eigenvalue weighted by Crippen LogP contribution is 2.31. The molecule has 20 heavy (non-hydrogen) atoms. The van der Waals surface area contributed by atoms with E-state index in [4.69, 9.17) is 9.84 Å². The third-order valence-electron chi connectivity index (χ3n) is 2.49. The van der Waals surface area contributed by atoms with E-state index in [0.717, 1.165) is 6.07 Å². The fourth-order valence-electron chi connectivity index (χ4n) is 1.61. The second-order valence-electron chi connectivity index (χ2n) is 3.91. The number of nitro benzene ring substituents is 1. The van der Waals surface area contributed by atoms with E-state index in [1.165, 1.54) is 30.3 Å². The lowest BCUT2D eigenvalue weighted by Crippen LogP contribution is -1.94. The van der Waals surface area contributed by atoms with Gasteiger partial charge < -0.3 is 9.84 Å². The van der Waals surface area contributed by atoms with Gasteiger partial charge in [0.1, 0.15) is 17.3 Å². The van der Waals surface area contributed by atoms with Gasteiger partial charge in [0.25, 0.3) is 5.69 Å². The molecule has 7 heteroatoms. The van der Waals surface area contributed by atoms with Gasteiger partial charge in [-0.3, -0.25) is 10.1 Å². The second kappa shape index (κ2) is 5.98. The summed E-state index contributed by atoms with van der Waals surface area (Å²) in [6.07, 6.45) is 0. The number of nitrogens with zero attached hydrogens (tertiary/aromatic N) is 1. The number of nitro groups is 1. The van der Waals surface area contributed by atoms with E-state index in [1.54, 1.807) is 0 Å². The fraction of sp³-hybridized carbons (Fsp3) is 0.0769. The Kier molecular flexibility index (Phi) is 4.31. The number of aliphatic hydroxyl groups is 1. The molecule has 0 atom stereocenters. The minimum atomic E-state index is -0.546. The van der Waals surface area contributed by atoms with Gasteiger partial charge in [0, 0.05) is 16.1 Å². The lowest BCUT2D eigenvalue weighted by molar-refractivity contribution is -0.385. The molecule has 0 amide bonds. The predicted molar refractivity (Wildman–Crippen MR) is 73.2 cm³/mol. The van der Waals surface area contributed by atoms with Crippen LogP contribution in [0.2, 0.25) is 0 Å². The van der Waals surface area contributed by atoms with Crippen LogP contribution in [0.15, 0.2) is 40.9 Å². The minimum Gasteiger partial charge on any atom is -0.457 e. The molecule has 0 aliphatic carbocycles. The van der Waals surface area contributed by atoms with Crippen molar-refractivity contribution in [2.45, 2.75) is 6.61 Å². The van der Waals surface area contributed by atoms with Crippen LogP contribution in [0.3, 0.4) is 0 Å². The van der Waals surface area contributed by atoms with Gasteiger partial charge in [-0.25, -0.2) is 4.39 Å². The number of hydrogen-bond acceptors (Lipinski definition) is 4. The summed E-state index contributed by atoms with van der Waals surface area (Å²) in [5.41, 5.74) is 0.120. The standard InChI is InChI=1S/C13H9BrFNO4/c14-9-4-11(16(18)19)6-12(5-9)20-13-2-1-10(15)3-8(13)7-17/h1-6,17H,7H2. The van der Waals surface area contributed by atoms with E-state index in [-0.39, 0.29) is 22.7 Å². The predicted octanol–water partition coefficient (Wildman–Crippen LogP) is 3.78. The molecule has 2 aromatic rings. The molecule has 104 valence electrons. The highest BCUT2D eigenvalue weighted by molar-refractivity contribution is 9.10. The topological polar surface area (TPSA) is 72.6 Å². The summed E-state index contributed by atoms with van der Waals surface area (Å²) in [5.74, 6) is -0.0460. The summed E-state index contributed by atoms with van der Waals surface area (Å²) >= 11 is 3.15. The molecule has 0 fully saturated rings. The Morgan fingerprint density at radius 1 is 1.30 bits per heavy atom. The fourth-order valence-corrected chi connectivity index (χ4v) is 2.07. The summed E-state index contributed by atoms with van der Waals surface area (Å²) in [4.78, 5) is 10.2. The molecule has 0 saturated heterocycles. The normalized spacial score (nSPS) is 10.3. The Morgan fingerprint density at radius 2 is 2.05 bits per heavy atom. The Hall–Kier alpha value is -1.99. The zero-order valence-electron chi connectivity index (χ0n) is 10.0. The van der Waals surface area contributed by atoms with Crippen LogP contribution >= 0.6 is 15.9 Å². The zero-order chi connectivity index (χ0) is 14.7. The van der Waals surface area contributed by atoms with Crippen molar-refractivity contribution < 1.29 is 19.2 Å². The highest BCUT2D eigenvalue weighted by Gasteiger charge is 2.12. The molecule has 2 rings (SSSR count). The molecule has 0 aromatic heterocycles. The number of hydrogen-bond donors (Lipinski definition) is 1. The van der Waals surface area contributed by atoms with Gasteiger partial charge in [-0.15, -0.1) is 0 Å². The van der Waals surface area contributed by atoms with E-state index in [9.17, 15) is 14.5 Å². The Balaban J connectivity index is 2.37. The van der Waals surface area contributed by atoms with Gasteiger partial charge in [0.2, 0.25) is 0 Å². The summed E-state index contributed by atoms with van der Waals surface area (Å²) in [6.45, 7) is -0.400. The second-order valence-corrected chi connectivity index (χ2v) is 4.83.